The van der Waals surface area contributed by atoms with E-state index in [1.54, 1.807) is 7.11 Å². The van der Waals surface area contributed by atoms with Crippen molar-refractivity contribution in [2.24, 2.45) is 5.92 Å². The molecule has 0 radical (unpaired) electrons. The van der Waals surface area contributed by atoms with Crippen LogP contribution >= 0.6 is 0 Å². The highest BCUT2D eigenvalue weighted by molar-refractivity contribution is 5.80. The van der Waals surface area contributed by atoms with E-state index < -0.39 is 0 Å². The summed E-state index contributed by atoms with van der Waals surface area (Å²) in [6.45, 7) is 6.44. The van der Waals surface area contributed by atoms with Crippen LogP contribution in [0.25, 0.3) is 0 Å². The van der Waals surface area contributed by atoms with E-state index in [1.807, 2.05) is 4.90 Å². The summed E-state index contributed by atoms with van der Waals surface area (Å²) in [4.78, 5) is 14.5. The number of rotatable bonds is 6. The third-order valence-corrected chi connectivity index (χ3v) is 4.00. The molecule has 0 aromatic rings. The molecule has 0 bridgehead atoms. The molecule has 2 atom stereocenters. The van der Waals surface area contributed by atoms with Gasteiger partial charge in [0, 0.05) is 26.2 Å². The van der Waals surface area contributed by atoms with E-state index in [9.17, 15) is 4.79 Å². The van der Waals surface area contributed by atoms with Crippen LogP contribution in [0.4, 0.5) is 0 Å². The summed E-state index contributed by atoms with van der Waals surface area (Å²) in [6, 6.07) is 0.173. The SMILES string of the molecule is CCCNC1COCC1C(=O)N1CC=C(COC)CC1. The number of ether oxygens (including phenoxy) is 2. The van der Waals surface area contributed by atoms with Crippen LogP contribution in [-0.2, 0) is 14.3 Å². The van der Waals surface area contributed by atoms with Gasteiger partial charge in [-0.25, -0.2) is 0 Å². The molecular weight excluding hydrogens is 256 g/mol. The number of carbonyl (C=O) groups excluding carboxylic acids is 1. The number of carbonyl (C=O) groups is 1. The Balaban J connectivity index is 1.88. The van der Waals surface area contributed by atoms with E-state index in [2.05, 4.69) is 18.3 Å². The largest absolute Gasteiger partial charge is 0.380 e. The monoisotopic (exact) mass is 282 g/mol. The Morgan fingerprint density at radius 3 is 3.05 bits per heavy atom. The number of nitrogens with one attached hydrogen (secondary N) is 1. The third kappa shape index (κ3) is 3.81. The fourth-order valence-electron chi connectivity index (χ4n) is 2.79. The molecule has 5 heteroatoms. The second-order valence-corrected chi connectivity index (χ2v) is 5.53. The molecule has 20 heavy (non-hydrogen) atoms. The summed E-state index contributed by atoms with van der Waals surface area (Å²) in [7, 11) is 1.71. The van der Waals surface area contributed by atoms with Crippen LogP contribution in [0.3, 0.4) is 0 Å². The molecule has 1 fully saturated rings. The highest BCUT2D eigenvalue weighted by Crippen LogP contribution is 2.20. The topological polar surface area (TPSA) is 50.8 Å². The van der Waals surface area contributed by atoms with Crippen molar-refractivity contribution in [3.8, 4) is 0 Å². The highest BCUT2D eigenvalue weighted by Gasteiger charge is 2.36. The zero-order valence-electron chi connectivity index (χ0n) is 12.6. The quantitative estimate of drug-likeness (QED) is 0.732. The van der Waals surface area contributed by atoms with Gasteiger partial charge in [-0.15, -0.1) is 0 Å². The van der Waals surface area contributed by atoms with Crippen LogP contribution in [0.15, 0.2) is 11.6 Å². The van der Waals surface area contributed by atoms with Gasteiger partial charge in [-0.1, -0.05) is 13.0 Å². The van der Waals surface area contributed by atoms with Crippen molar-refractivity contribution < 1.29 is 14.3 Å². The molecule has 0 aromatic heterocycles. The van der Waals surface area contributed by atoms with Crippen molar-refractivity contribution in [2.45, 2.75) is 25.8 Å². The van der Waals surface area contributed by atoms with E-state index in [0.29, 0.717) is 26.4 Å². The van der Waals surface area contributed by atoms with Gasteiger partial charge in [-0.05, 0) is 25.0 Å². The summed E-state index contributed by atoms with van der Waals surface area (Å²) in [6.07, 6.45) is 4.11. The standard InChI is InChI=1S/C15H26N2O3/c1-3-6-16-14-11-20-10-13(14)15(18)17-7-4-12(5-8-17)9-19-2/h4,13-14,16H,3,5-11H2,1-2H3. The van der Waals surface area contributed by atoms with Gasteiger partial charge in [0.15, 0.2) is 0 Å². The normalized spacial score (nSPS) is 26.7. The molecule has 2 unspecified atom stereocenters. The molecule has 1 N–H and O–H groups in total. The van der Waals surface area contributed by atoms with Crippen LogP contribution in [0, 0.1) is 5.92 Å². The summed E-state index contributed by atoms with van der Waals surface area (Å²) >= 11 is 0. The number of nitrogens with zero attached hydrogens (tertiary/aromatic N) is 1. The number of amides is 1. The second kappa shape index (κ2) is 7.76. The highest BCUT2D eigenvalue weighted by atomic mass is 16.5. The van der Waals surface area contributed by atoms with Crippen LogP contribution in [0.2, 0.25) is 0 Å². The van der Waals surface area contributed by atoms with Gasteiger partial charge in [-0.3, -0.25) is 4.79 Å². The summed E-state index contributed by atoms with van der Waals surface area (Å²) < 4.78 is 10.6. The maximum Gasteiger partial charge on any atom is 0.229 e. The molecular formula is C15H26N2O3. The van der Waals surface area contributed by atoms with Gasteiger partial charge >= 0.3 is 0 Å². The Kier molecular flexibility index (Phi) is 6.01. The minimum absolute atomic E-state index is 0.0288. The van der Waals surface area contributed by atoms with Gasteiger partial charge in [0.1, 0.15) is 0 Å². The van der Waals surface area contributed by atoms with Crippen molar-refractivity contribution in [2.75, 3.05) is 46.6 Å². The maximum atomic E-state index is 12.6. The van der Waals surface area contributed by atoms with Crippen LogP contribution in [0.1, 0.15) is 19.8 Å². The number of methoxy groups -OCH3 is 1. The van der Waals surface area contributed by atoms with Gasteiger partial charge in [0.2, 0.25) is 5.91 Å². The molecule has 0 saturated carbocycles. The van der Waals surface area contributed by atoms with Crippen LogP contribution in [0.5, 0.6) is 0 Å². The molecule has 2 rings (SSSR count). The van der Waals surface area contributed by atoms with E-state index in [0.717, 1.165) is 25.9 Å². The van der Waals surface area contributed by atoms with Crippen molar-refractivity contribution in [1.82, 2.24) is 10.2 Å². The lowest BCUT2D eigenvalue weighted by molar-refractivity contribution is -0.135. The predicted octanol–water partition coefficient (Wildman–Crippen LogP) is 0.806. The number of hydrogen-bond acceptors (Lipinski definition) is 4. The summed E-state index contributed by atoms with van der Waals surface area (Å²) in [5.74, 6) is 0.197. The average Bonchev–Trinajstić information content (AvgIpc) is 2.94. The lowest BCUT2D eigenvalue weighted by Crippen LogP contribution is -2.47. The Hall–Kier alpha value is -0.910. The molecule has 1 saturated heterocycles. The first-order valence-corrected chi connectivity index (χ1v) is 7.53. The lowest BCUT2D eigenvalue weighted by atomic mass is 10.00. The molecule has 0 spiro atoms. The van der Waals surface area contributed by atoms with Crippen LogP contribution in [-0.4, -0.2) is 63.4 Å². The van der Waals surface area contributed by atoms with Crippen molar-refractivity contribution in [1.29, 1.82) is 0 Å². The van der Waals surface area contributed by atoms with E-state index in [1.165, 1.54) is 5.57 Å². The summed E-state index contributed by atoms with van der Waals surface area (Å²) in [5, 5.41) is 3.42. The first-order valence-electron chi connectivity index (χ1n) is 7.53. The molecule has 2 heterocycles. The Labute approximate surface area is 121 Å². The Morgan fingerprint density at radius 1 is 1.55 bits per heavy atom. The average molecular weight is 282 g/mol. The molecule has 0 aromatic carbocycles. The lowest BCUT2D eigenvalue weighted by Gasteiger charge is -2.30. The Morgan fingerprint density at radius 2 is 2.40 bits per heavy atom. The van der Waals surface area contributed by atoms with Crippen molar-refractivity contribution >= 4 is 5.91 Å². The fourth-order valence-corrected chi connectivity index (χ4v) is 2.79. The molecule has 0 aliphatic carbocycles. The molecule has 2 aliphatic heterocycles. The van der Waals surface area contributed by atoms with Crippen molar-refractivity contribution in [3.63, 3.8) is 0 Å². The molecule has 5 nitrogen and oxygen atoms in total. The Bertz CT molecular complexity index is 357. The zero-order valence-corrected chi connectivity index (χ0v) is 12.6. The van der Waals surface area contributed by atoms with Crippen LogP contribution < -0.4 is 5.32 Å². The number of hydrogen-bond donors (Lipinski definition) is 1. The van der Waals surface area contributed by atoms with Gasteiger partial charge in [0.05, 0.1) is 25.7 Å². The maximum absolute atomic E-state index is 12.6. The van der Waals surface area contributed by atoms with Crippen molar-refractivity contribution in [3.05, 3.63) is 11.6 Å². The second-order valence-electron chi connectivity index (χ2n) is 5.53. The smallest absolute Gasteiger partial charge is 0.229 e. The first-order chi connectivity index (χ1) is 9.76. The zero-order chi connectivity index (χ0) is 14.4. The first kappa shape index (κ1) is 15.5. The summed E-state index contributed by atoms with van der Waals surface area (Å²) in [5.41, 5.74) is 1.29. The fraction of sp³-hybridized carbons (Fsp3) is 0.800. The molecule has 1 amide bonds. The minimum Gasteiger partial charge on any atom is -0.380 e. The third-order valence-electron chi connectivity index (χ3n) is 4.00. The van der Waals surface area contributed by atoms with E-state index in [-0.39, 0.29) is 17.9 Å². The van der Waals surface area contributed by atoms with E-state index >= 15 is 0 Å². The van der Waals surface area contributed by atoms with Gasteiger partial charge in [0.25, 0.3) is 0 Å². The minimum atomic E-state index is -0.0288. The van der Waals surface area contributed by atoms with E-state index in [4.69, 9.17) is 9.47 Å². The van der Waals surface area contributed by atoms with Gasteiger partial charge in [-0.2, -0.15) is 0 Å². The van der Waals surface area contributed by atoms with Gasteiger partial charge < -0.3 is 19.7 Å². The molecule has 114 valence electrons. The predicted molar refractivity (Wildman–Crippen MR) is 77.5 cm³/mol. The molecule has 2 aliphatic rings.